The van der Waals surface area contributed by atoms with Crippen LogP contribution in [0.2, 0.25) is 0 Å². The third-order valence-electron chi connectivity index (χ3n) is 18.4. The Hall–Kier alpha value is -1.94. The minimum Gasteiger partial charge on any atom is -0.462 e. The Morgan fingerprint density at radius 2 is 0.412 bits per heavy atom. The summed E-state index contributed by atoms with van der Waals surface area (Å²) in [4.78, 5) is 72.8. The molecule has 2 unspecified atom stereocenters. The normalized spacial score (nSPS) is 13.8. The van der Waals surface area contributed by atoms with Crippen molar-refractivity contribution in [3.05, 3.63) is 0 Å². The van der Waals surface area contributed by atoms with Crippen molar-refractivity contribution in [3.8, 4) is 0 Å². The number of unbranched alkanes of at least 4 members (excludes halogenated alkanes) is 53. The molecule has 0 aromatic rings. The fourth-order valence-electron chi connectivity index (χ4n) is 12.1. The molecule has 0 rings (SSSR count). The van der Waals surface area contributed by atoms with Gasteiger partial charge in [0.25, 0.3) is 0 Å². The largest absolute Gasteiger partial charge is 0.472 e. The van der Waals surface area contributed by atoms with Crippen LogP contribution >= 0.6 is 15.6 Å². The van der Waals surface area contributed by atoms with Crippen molar-refractivity contribution in [1.82, 2.24) is 0 Å². The van der Waals surface area contributed by atoms with E-state index in [0.29, 0.717) is 25.7 Å². The van der Waals surface area contributed by atoms with Gasteiger partial charge < -0.3 is 33.8 Å². The molecule has 0 radical (unpaired) electrons. The van der Waals surface area contributed by atoms with Gasteiger partial charge in [-0.3, -0.25) is 37.3 Å². The number of hydrogen-bond acceptors (Lipinski definition) is 15. The quantitative estimate of drug-likeness (QED) is 0.0222. The van der Waals surface area contributed by atoms with Crippen LogP contribution in [-0.2, 0) is 65.4 Å². The fraction of sp³-hybridized carbons (Fsp3) is 0.949. The summed E-state index contributed by atoms with van der Waals surface area (Å²) in [7, 11) is -9.91. The van der Waals surface area contributed by atoms with Crippen molar-refractivity contribution in [2.45, 2.75) is 438 Å². The topological polar surface area (TPSA) is 237 Å². The molecule has 5 atom stereocenters. The number of aliphatic hydroxyl groups is 1. The molecule has 0 aliphatic heterocycles. The highest BCUT2D eigenvalue weighted by molar-refractivity contribution is 7.47. The lowest BCUT2D eigenvalue weighted by Gasteiger charge is -2.21. The second kappa shape index (κ2) is 72.4. The van der Waals surface area contributed by atoms with Crippen molar-refractivity contribution < 1.29 is 80.2 Å². The molecule has 97 heavy (non-hydrogen) atoms. The van der Waals surface area contributed by atoms with Crippen LogP contribution in [0.15, 0.2) is 0 Å². The van der Waals surface area contributed by atoms with Gasteiger partial charge in [0.2, 0.25) is 0 Å². The number of carbonyl (C=O) groups is 4. The van der Waals surface area contributed by atoms with Gasteiger partial charge in [0.05, 0.1) is 26.4 Å². The minimum atomic E-state index is -4.96. The van der Waals surface area contributed by atoms with Gasteiger partial charge in [-0.1, -0.05) is 368 Å². The van der Waals surface area contributed by atoms with Gasteiger partial charge in [-0.15, -0.1) is 0 Å². The van der Waals surface area contributed by atoms with Crippen LogP contribution in [0.4, 0.5) is 0 Å². The Kier molecular flexibility index (Phi) is 71.0. The lowest BCUT2D eigenvalue weighted by Crippen LogP contribution is -2.30. The molecule has 0 heterocycles. The van der Waals surface area contributed by atoms with E-state index < -0.39 is 97.5 Å². The van der Waals surface area contributed by atoms with E-state index in [1.54, 1.807) is 0 Å². The molecule has 0 fully saturated rings. The molecule has 0 saturated carbocycles. The molecule has 0 bridgehead atoms. The van der Waals surface area contributed by atoms with Gasteiger partial charge in [0, 0.05) is 25.7 Å². The number of ether oxygens (including phenoxy) is 4. The zero-order chi connectivity index (χ0) is 71.1. The van der Waals surface area contributed by atoms with Gasteiger partial charge >= 0.3 is 39.5 Å². The highest BCUT2D eigenvalue weighted by atomic mass is 31.2. The van der Waals surface area contributed by atoms with Crippen molar-refractivity contribution >= 4 is 39.5 Å². The molecule has 0 aliphatic carbocycles. The van der Waals surface area contributed by atoms with Crippen LogP contribution in [0.1, 0.15) is 419 Å². The Morgan fingerprint density at radius 3 is 0.608 bits per heavy atom. The Labute approximate surface area is 594 Å². The number of phosphoric acid groups is 2. The van der Waals surface area contributed by atoms with Crippen LogP contribution in [0.5, 0.6) is 0 Å². The molecule has 0 aromatic carbocycles. The zero-order valence-electron chi connectivity index (χ0n) is 63.1. The first-order valence-electron chi connectivity index (χ1n) is 40.8. The molecule has 19 heteroatoms. The number of rotatable bonds is 79. The number of esters is 4. The highest BCUT2D eigenvalue weighted by Gasteiger charge is 2.30. The summed E-state index contributed by atoms with van der Waals surface area (Å²) in [5, 5.41) is 10.6. The number of carbonyl (C=O) groups excluding carboxylic acids is 4. The van der Waals surface area contributed by atoms with Crippen molar-refractivity contribution in [2.75, 3.05) is 39.6 Å². The second-order valence-electron chi connectivity index (χ2n) is 28.1. The average molecular weight is 1420 g/mol. The maximum absolute atomic E-state index is 13.1. The predicted octanol–water partition coefficient (Wildman–Crippen LogP) is 23.4. The van der Waals surface area contributed by atoms with E-state index in [4.69, 9.17) is 37.0 Å². The van der Waals surface area contributed by atoms with Gasteiger partial charge in [-0.05, 0) is 25.7 Å². The molecule has 17 nitrogen and oxygen atoms in total. The SMILES string of the molecule is CCCCCCCCCCCCCCCCCCCCCC(=O)O[C@H](COC(=O)CCCCCCCCCCCCCCCCC)COP(=O)(O)OC[C@@H](O)COP(=O)(O)OC[C@@H](COC(=O)CCCCCCCCCC)OC(=O)CCCCCCCCCCCCCCCCC. The first-order chi connectivity index (χ1) is 47.2. The lowest BCUT2D eigenvalue weighted by molar-refractivity contribution is -0.161. The third kappa shape index (κ3) is 72.2. The highest BCUT2D eigenvalue weighted by Crippen LogP contribution is 2.45. The molecule has 0 saturated heterocycles. The van der Waals surface area contributed by atoms with Crippen molar-refractivity contribution in [3.63, 3.8) is 0 Å². The first-order valence-corrected chi connectivity index (χ1v) is 43.8. The maximum Gasteiger partial charge on any atom is 0.472 e. The van der Waals surface area contributed by atoms with E-state index in [1.165, 1.54) is 250 Å². The molecule has 0 spiro atoms. The molecule has 576 valence electrons. The molecule has 3 N–H and O–H groups in total. The Balaban J connectivity index is 5.20. The van der Waals surface area contributed by atoms with E-state index in [1.807, 2.05) is 0 Å². The number of phosphoric ester groups is 2. The van der Waals surface area contributed by atoms with Gasteiger partial charge in [-0.2, -0.15) is 0 Å². The van der Waals surface area contributed by atoms with Crippen LogP contribution in [0.3, 0.4) is 0 Å². The molecular formula is C78H152O17P2. The summed E-state index contributed by atoms with van der Waals surface area (Å²) >= 11 is 0. The van der Waals surface area contributed by atoms with Gasteiger partial charge in [0.1, 0.15) is 19.3 Å². The lowest BCUT2D eigenvalue weighted by atomic mass is 10.0. The summed E-state index contributed by atoms with van der Waals surface area (Å²) in [6.45, 7) is 4.99. The number of aliphatic hydroxyl groups excluding tert-OH is 1. The van der Waals surface area contributed by atoms with E-state index in [0.717, 1.165) is 89.9 Å². The summed E-state index contributed by atoms with van der Waals surface area (Å²) in [5.74, 6) is -2.11. The van der Waals surface area contributed by atoms with E-state index in [2.05, 4.69) is 27.7 Å². The standard InChI is InChI=1S/C78H152O17P2/c1-5-9-13-17-21-25-28-31-34-35-36-37-40-43-46-49-53-57-61-65-78(83)95-74(69-89-76(81)63-59-55-51-47-44-41-38-32-29-26-22-18-14-10-6-2)71-93-97(86,87)91-67-72(79)66-90-96(84,85)92-70-73(68-88-75(80)62-58-54-50-24-20-16-12-8-4)94-77(82)64-60-56-52-48-45-42-39-33-30-27-23-19-15-11-7-3/h72-74,79H,5-71H2,1-4H3,(H,84,85)(H,86,87)/t72-,73+,74+/m0/s1. The summed E-state index contributed by atoms with van der Waals surface area (Å²) < 4.78 is 68.6. The Bertz CT molecular complexity index is 1840. The monoisotopic (exact) mass is 1420 g/mol. The minimum absolute atomic E-state index is 0.109. The third-order valence-corrected chi connectivity index (χ3v) is 20.3. The summed E-state index contributed by atoms with van der Waals surface area (Å²) in [6.07, 6.45) is 63.8. The molecular weight excluding hydrogens is 1270 g/mol. The maximum atomic E-state index is 13.1. The fourth-order valence-corrected chi connectivity index (χ4v) is 13.7. The Morgan fingerprint density at radius 1 is 0.247 bits per heavy atom. The average Bonchev–Trinajstić information content (AvgIpc) is 1.04. The van der Waals surface area contributed by atoms with Gasteiger partial charge in [0.15, 0.2) is 12.2 Å². The van der Waals surface area contributed by atoms with Crippen LogP contribution in [0.25, 0.3) is 0 Å². The summed E-state index contributed by atoms with van der Waals surface area (Å²) in [6, 6.07) is 0. The van der Waals surface area contributed by atoms with Gasteiger partial charge in [-0.25, -0.2) is 9.13 Å². The second-order valence-corrected chi connectivity index (χ2v) is 31.0. The van der Waals surface area contributed by atoms with Crippen LogP contribution in [0, 0.1) is 0 Å². The first kappa shape index (κ1) is 95.1. The van der Waals surface area contributed by atoms with E-state index in [9.17, 15) is 43.2 Å². The van der Waals surface area contributed by atoms with Crippen LogP contribution < -0.4 is 0 Å². The van der Waals surface area contributed by atoms with Crippen molar-refractivity contribution in [1.29, 1.82) is 0 Å². The molecule has 0 amide bonds. The smallest absolute Gasteiger partial charge is 0.462 e. The number of hydrogen-bond donors (Lipinski definition) is 3. The predicted molar refractivity (Wildman–Crippen MR) is 395 cm³/mol. The van der Waals surface area contributed by atoms with E-state index >= 15 is 0 Å². The molecule has 0 aromatic heterocycles. The summed E-state index contributed by atoms with van der Waals surface area (Å²) in [5.41, 5.74) is 0. The van der Waals surface area contributed by atoms with E-state index in [-0.39, 0.29) is 25.7 Å². The zero-order valence-corrected chi connectivity index (χ0v) is 64.8. The van der Waals surface area contributed by atoms with Crippen LogP contribution in [-0.4, -0.2) is 96.7 Å². The molecule has 0 aliphatic rings. The van der Waals surface area contributed by atoms with Crippen molar-refractivity contribution in [2.24, 2.45) is 0 Å².